The number of quaternary nitrogens is 1. The van der Waals surface area contributed by atoms with Crippen LogP contribution in [0.5, 0.6) is 0 Å². The van der Waals surface area contributed by atoms with E-state index in [0.29, 0.717) is 10.5 Å². The maximum absolute atomic E-state index is 4.04. The van der Waals surface area contributed by atoms with E-state index < -0.39 is 0 Å². The Labute approximate surface area is 234 Å². The molecule has 0 aliphatic heterocycles. The molecule has 0 bridgehead atoms. The molecule has 2 rings (SSSR count). The summed E-state index contributed by atoms with van der Waals surface area (Å²) >= 11 is 0. The maximum Gasteiger partial charge on any atom is 0.137 e. The van der Waals surface area contributed by atoms with Gasteiger partial charge in [-0.2, -0.15) is 0 Å². The van der Waals surface area contributed by atoms with Gasteiger partial charge in [0.1, 0.15) is 11.4 Å². The van der Waals surface area contributed by atoms with Gasteiger partial charge in [-0.15, -0.1) is 0 Å². The van der Waals surface area contributed by atoms with E-state index in [1.54, 1.807) is 0 Å². The topological polar surface area (TPSA) is 3.24 Å². The number of rotatable bonds is 10. The maximum atomic E-state index is 4.04. The molecule has 0 N–H and O–H groups in total. The van der Waals surface area contributed by atoms with Crippen LogP contribution in [-0.2, 0) is 0 Å². The fourth-order valence-electron chi connectivity index (χ4n) is 5.29. The van der Waals surface area contributed by atoms with E-state index in [1.807, 2.05) is 6.20 Å². The van der Waals surface area contributed by atoms with Gasteiger partial charge in [-0.1, -0.05) is 80.2 Å². The second kappa shape index (κ2) is 13.6. The van der Waals surface area contributed by atoms with Gasteiger partial charge < -0.3 is 4.90 Å². The summed E-state index contributed by atoms with van der Waals surface area (Å²) in [7, 11) is 4.48. The summed E-state index contributed by atoms with van der Waals surface area (Å²) in [5.74, 6) is 0. The molecule has 1 aromatic rings. The lowest BCUT2D eigenvalue weighted by molar-refractivity contribution is 0.286. The van der Waals surface area contributed by atoms with Crippen LogP contribution in [-0.4, -0.2) is 25.0 Å². The molecule has 0 heterocycles. The Kier molecular flexibility index (Phi) is 11.2. The van der Waals surface area contributed by atoms with Crippen LogP contribution in [0.15, 0.2) is 120 Å². The standard InChI is InChI=1S/C36H51N2/c1-12-26-37(14-3)35-24-25-36(8,9)34(31(35)7)23-20-28(4)16-15-17-30(6)27-32(13-2)38(10,11)33-21-18-29(5)19-22-33/h12-23,26-27,35H,3,24-25H2,1-2,4-11H3/q+1/b17-15+,23-20+,26-12-,28-16+,30-27+,32-13+. The summed E-state index contributed by atoms with van der Waals surface area (Å²) in [4.78, 5) is 2.25. The lowest BCUT2D eigenvalue weighted by atomic mass is 9.70. The van der Waals surface area contributed by atoms with Gasteiger partial charge >= 0.3 is 0 Å². The Morgan fingerprint density at radius 2 is 1.68 bits per heavy atom. The number of nitrogens with zero attached hydrogens (tertiary/aromatic N) is 2. The van der Waals surface area contributed by atoms with Gasteiger partial charge in [-0.25, -0.2) is 0 Å². The van der Waals surface area contributed by atoms with Crippen molar-refractivity contribution < 1.29 is 0 Å². The fraction of sp³-hybridized carbons (Fsp3) is 0.389. The number of likely N-dealkylation sites (N-methyl/N-ethyl adjacent to an activating group) is 1. The highest BCUT2D eigenvalue weighted by molar-refractivity contribution is 5.50. The number of allylic oxidation sites excluding steroid dienone is 11. The summed E-state index contributed by atoms with van der Waals surface area (Å²) < 4.78 is 0.710. The molecule has 2 heteroatoms. The minimum Gasteiger partial charge on any atom is -0.348 e. The predicted molar refractivity (Wildman–Crippen MR) is 171 cm³/mol. The summed E-state index contributed by atoms with van der Waals surface area (Å²) in [5.41, 5.74) is 9.33. The van der Waals surface area contributed by atoms with Crippen molar-refractivity contribution in [2.75, 3.05) is 14.1 Å². The molecule has 0 aromatic heterocycles. The predicted octanol–water partition coefficient (Wildman–Crippen LogP) is 9.95. The van der Waals surface area contributed by atoms with Crippen LogP contribution in [0, 0.1) is 12.3 Å². The highest BCUT2D eigenvalue weighted by Crippen LogP contribution is 2.42. The minimum absolute atomic E-state index is 0.167. The monoisotopic (exact) mass is 511 g/mol. The SMILES string of the molecule is C=CN(/C=C\C)C1CCC(C)(C)C(/C=C/C(C)=C/C=C/C(C)=C/C(=C\C)[N+](C)(C)c2ccc(C)cc2)=C1C. The highest BCUT2D eigenvalue weighted by atomic mass is 15.3. The Morgan fingerprint density at radius 3 is 2.26 bits per heavy atom. The quantitative estimate of drug-likeness (QED) is 0.223. The average Bonchev–Trinajstić information content (AvgIpc) is 2.86. The van der Waals surface area contributed by atoms with Crippen molar-refractivity contribution in [3.63, 3.8) is 0 Å². The normalized spacial score (nSPS) is 19.7. The third-order valence-corrected chi connectivity index (χ3v) is 7.82. The average molecular weight is 512 g/mol. The Balaban J connectivity index is 2.22. The van der Waals surface area contributed by atoms with E-state index >= 15 is 0 Å². The second-order valence-corrected chi connectivity index (χ2v) is 11.6. The third-order valence-electron chi connectivity index (χ3n) is 7.82. The lowest BCUT2D eigenvalue weighted by Crippen LogP contribution is -2.38. The number of hydrogen-bond acceptors (Lipinski definition) is 1. The van der Waals surface area contributed by atoms with Gasteiger partial charge in [-0.05, 0) is 107 Å². The van der Waals surface area contributed by atoms with Gasteiger partial charge in [0, 0.05) is 6.08 Å². The van der Waals surface area contributed by atoms with Crippen LogP contribution >= 0.6 is 0 Å². The van der Waals surface area contributed by atoms with E-state index in [0.717, 1.165) is 12.8 Å². The molecule has 204 valence electrons. The van der Waals surface area contributed by atoms with Crippen molar-refractivity contribution >= 4 is 5.69 Å². The Bertz CT molecular complexity index is 1170. The van der Waals surface area contributed by atoms with Crippen molar-refractivity contribution in [2.24, 2.45) is 5.41 Å². The first kappa shape index (κ1) is 31.1. The van der Waals surface area contributed by atoms with Crippen molar-refractivity contribution in [1.82, 2.24) is 9.38 Å². The molecule has 38 heavy (non-hydrogen) atoms. The van der Waals surface area contributed by atoms with Crippen molar-refractivity contribution in [3.05, 3.63) is 125 Å². The second-order valence-electron chi connectivity index (χ2n) is 11.6. The first-order valence-corrected chi connectivity index (χ1v) is 13.9. The van der Waals surface area contributed by atoms with Crippen LogP contribution in [0.1, 0.15) is 66.9 Å². The fourth-order valence-corrected chi connectivity index (χ4v) is 5.29. The van der Waals surface area contributed by atoms with Gasteiger partial charge in [0.05, 0.1) is 20.1 Å². The van der Waals surface area contributed by atoms with Gasteiger partial charge in [0.25, 0.3) is 0 Å². The van der Waals surface area contributed by atoms with Gasteiger partial charge in [0.2, 0.25) is 0 Å². The van der Waals surface area contributed by atoms with Crippen LogP contribution < -0.4 is 4.48 Å². The molecule has 1 unspecified atom stereocenters. The smallest absolute Gasteiger partial charge is 0.137 e. The molecule has 0 amide bonds. The summed E-state index contributed by atoms with van der Waals surface area (Å²) in [6.07, 6.45) is 24.1. The first-order valence-electron chi connectivity index (χ1n) is 13.9. The molecule has 1 atom stereocenters. The summed E-state index contributed by atoms with van der Waals surface area (Å²) in [5, 5.41) is 0. The highest BCUT2D eigenvalue weighted by Gasteiger charge is 2.33. The molecule has 0 radical (unpaired) electrons. The molecule has 1 aliphatic rings. The lowest BCUT2D eigenvalue weighted by Gasteiger charge is -2.40. The molecule has 1 aromatic carbocycles. The van der Waals surface area contributed by atoms with Crippen molar-refractivity contribution in [1.29, 1.82) is 0 Å². The largest absolute Gasteiger partial charge is 0.348 e. The Hall–Kier alpha value is -3.10. The van der Waals surface area contributed by atoms with E-state index in [9.17, 15) is 0 Å². The molecule has 0 saturated heterocycles. The minimum atomic E-state index is 0.167. The van der Waals surface area contributed by atoms with Crippen molar-refractivity contribution in [2.45, 2.75) is 74.3 Å². The van der Waals surface area contributed by atoms with Gasteiger partial charge in [0.15, 0.2) is 0 Å². The van der Waals surface area contributed by atoms with E-state index in [1.165, 1.54) is 39.2 Å². The van der Waals surface area contributed by atoms with E-state index in [-0.39, 0.29) is 5.41 Å². The first-order chi connectivity index (χ1) is 17.9. The summed E-state index contributed by atoms with van der Waals surface area (Å²) in [6.45, 7) is 21.7. The van der Waals surface area contributed by atoms with Crippen LogP contribution in [0.2, 0.25) is 0 Å². The zero-order chi connectivity index (χ0) is 28.5. The van der Waals surface area contributed by atoms with E-state index in [4.69, 9.17) is 0 Å². The van der Waals surface area contributed by atoms with Crippen LogP contribution in [0.4, 0.5) is 5.69 Å². The number of benzene rings is 1. The van der Waals surface area contributed by atoms with E-state index in [2.05, 4.69) is 160 Å². The third kappa shape index (κ3) is 7.95. The zero-order valence-electron chi connectivity index (χ0n) is 25.7. The van der Waals surface area contributed by atoms with Gasteiger partial charge in [-0.3, -0.25) is 4.48 Å². The zero-order valence-corrected chi connectivity index (χ0v) is 25.7. The van der Waals surface area contributed by atoms with Crippen molar-refractivity contribution in [3.8, 4) is 0 Å². The molecule has 1 aliphatic carbocycles. The van der Waals surface area contributed by atoms with Crippen LogP contribution in [0.25, 0.3) is 0 Å². The molecular formula is C36H51N2+. The molecule has 0 spiro atoms. The summed E-state index contributed by atoms with van der Waals surface area (Å²) in [6, 6.07) is 9.18. The Morgan fingerprint density at radius 1 is 1.03 bits per heavy atom. The van der Waals surface area contributed by atoms with Crippen LogP contribution in [0.3, 0.4) is 0 Å². The molecular weight excluding hydrogens is 460 g/mol. The number of hydrogen-bond donors (Lipinski definition) is 0. The number of aryl methyl sites for hydroxylation is 1. The molecule has 2 nitrogen and oxygen atoms in total. The molecule has 0 fully saturated rings. The molecule has 0 saturated carbocycles.